The average Bonchev–Trinajstić information content (AvgIpc) is 3.58. The minimum Gasteiger partial charge on any atom is -0.492 e. The van der Waals surface area contributed by atoms with Gasteiger partial charge in [0.25, 0.3) is 0 Å². The van der Waals surface area contributed by atoms with E-state index < -0.39 is 0 Å². The van der Waals surface area contributed by atoms with Crippen molar-refractivity contribution in [2.24, 2.45) is 0 Å². The van der Waals surface area contributed by atoms with Crippen LogP contribution in [0.3, 0.4) is 0 Å². The van der Waals surface area contributed by atoms with Gasteiger partial charge in [-0.2, -0.15) is 5.10 Å². The molecular formula is C26H30Cl2N6O2. The third-order valence-corrected chi connectivity index (χ3v) is 7.55. The van der Waals surface area contributed by atoms with E-state index in [1.807, 2.05) is 36.9 Å². The zero-order valence-corrected chi connectivity index (χ0v) is 22.0. The molecule has 0 radical (unpaired) electrons. The van der Waals surface area contributed by atoms with E-state index in [-0.39, 0.29) is 11.6 Å². The van der Waals surface area contributed by atoms with Crippen LogP contribution < -0.4 is 15.0 Å². The third-order valence-electron chi connectivity index (χ3n) is 6.81. The van der Waals surface area contributed by atoms with Crippen LogP contribution in [0.25, 0.3) is 5.69 Å². The van der Waals surface area contributed by atoms with E-state index in [1.54, 1.807) is 17.1 Å². The Kier molecular flexibility index (Phi) is 6.99. The Morgan fingerprint density at radius 1 is 1.08 bits per heavy atom. The number of carbonyl (C=O) groups is 1. The molecule has 1 saturated carbocycles. The summed E-state index contributed by atoms with van der Waals surface area (Å²) in [4.78, 5) is 21.7. The maximum Gasteiger partial charge on any atom is 0.318 e. The zero-order chi connectivity index (χ0) is 25.3. The number of amides is 2. The maximum absolute atomic E-state index is 13.2. The van der Waals surface area contributed by atoms with E-state index in [1.165, 1.54) is 0 Å². The van der Waals surface area contributed by atoms with Crippen molar-refractivity contribution in [2.45, 2.75) is 38.6 Å². The van der Waals surface area contributed by atoms with Gasteiger partial charge in [0.2, 0.25) is 0 Å². The summed E-state index contributed by atoms with van der Waals surface area (Å²) >= 11 is 12.3. The van der Waals surface area contributed by atoms with Crippen LogP contribution in [-0.2, 0) is 5.54 Å². The number of hydrogen-bond acceptors (Lipinski definition) is 5. The Labute approximate surface area is 221 Å². The number of halogens is 2. The van der Waals surface area contributed by atoms with E-state index in [4.69, 9.17) is 27.9 Å². The lowest BCUT2D eigenvalue weighted by atomic mass is 10.1. The van der Waals surface area contributed by atoms with Crippen LogP contribution >= 0.6 is 23.2 Å². The monoisotopic (exact) mass is 528 g/mol. The van der Waals surface area contributed by atoms with E-state index in [0.717, 1.165) is 55.0 Å². The molecule has 36 heavy (non-hydrogen) atoms. The molecule has 2 heterocycles. The number of nitrogens with zero attached hydrogens (tertiary/aromatic N) is 5. The minimum atomic E-state index is -0.348. The number of rotatable bonds is 6. The lowest BCUT2D eigenvalue weighted by Crippen LogP contribution is -2.46. The fourth-order valence-electron chi connectivity index (χ4n) is 4.69. The molecule has 2 aliphatic rings. The summed E-state index contributed by atoms with van der Waals surface area (Å²) in [6.07, 6.45) is 4.37. The van der Waals surface area contributed by atoms with Gasteiger partial charge in [0.1, 0.15) is 23.6 Å². The SMILES string of the molecule is CCOc1cc(N2CCCN(C(=O)NC3(c4ccc(Cl)c(Cl)c4)CC3)CC2)ccc1-n1cnc(C)n1. The van der Waals surface area contributed by atoms with Gasteiger partial charge >= 0.3 is 6.03 Å². The molecule has 1 aliphatic carbocycles. The summed E-state index contributed by atoms with van der Waals surface area (Å²) in [6, 6.07) is 11.7. The molecule has 2 amide bonds. The smallest absolute Gasteiger partial charge is 0.318 e. The van der Waals surface area contributed by atoms with Crippen molar-refractivity contribution in [2.75, 3.05) is 37.7 Å². The molecule has 1 saturated heterocycles. The Morgan fingerprint density at radius 3 is 2.61 bits per heavy atom. The Morgan fingerprint density at radius 2 is 1.92 bits per heavy atom. The highest BCUT2D eigenvalue weighted by molar-refractivity contribution is 6.42. The van der Waals surface area contributed by atoms with Crippen LogP contribution in [0, 0.1) is 6.92 Å². The fraction of sp³-hybridized carbons (Fsp3) is 0.423. The normalized spacial score (nSPS) is 17.0. The standard InChI is InChI=1S/C26H30Cl2N6O2/c1-3-36-24-16-20(6-8-23(24)34-17-29-18(2)31-34)32-11-4-12-33(14-13-32)25(35)30-26(9-10-26)19-5-7-21(27)22(28)15-19/h5-8,15-17H,3-4,9-14H2,1-2H3,(H,30,35). The van der Waals surface area contributed by atoms with Gasteiger partial charge in [0.05, 0.1) is 22.2 Å². The number of benzene rings is 2. The molecule has 3 aromatic rings. The van der Waals surface area contributed by atoms with Crippen molar-refractivity contribution in [1.29, 1.82) is 0 Å². The highest BCUT2D eigenvalue weighted by Crippen LogP contribution is 2.46. The molecule has 5 rings (SSSR count). The number of urea groups is 1. The summed E-state index contributed by atoms with van der Waals surface area (Å²) in [6.45, 7) is 7.32. The average molecular weight is 529 g/mol. The van der Waals surface area contributed by atoms with Gasteiger partial charge in [-0.25, -0.2) is 14.5 Å². The highest BCUT2D eigenvalue weighted by Gasteiger charge is 2.46. The first kappa shape index (κ1) is 24.7. The largest absolute Gasteiger partial charge is 0.492 e. The molecule has 2 fully saturated rings. The lowest BCUT2D eigenvalue weighted by Gasteiger charge is -2.27. The molecule has 2 aromatic carbocycles. The molecule has 0 unspecified atom stereocenters. The van der Waals surface area contributed by atoms with E-state index in [0.29, 0.717) is 35.6 Å². The second kappa shape index (κ2) is 10.2. The fourth-order valence-corrected chi connectivity index (χ4v) is 4.99. The molecule has 1 aliphatic heterocycles. The predicted octanol–water partition coefficient (Wildman–Crippen LogP) is 5.19. The van der Waals surface area contributed by atoms with Crippen LogP contribution in [0.15, 0.2) is 42.7 Å². The third kappa shape index (κ3) is 5.11. The van der Waals surface area contributed by atoms with Crippen LogP contribution in [-0.4, -0.2) is 58.5 Å². The van der Waals surface area contributed by atoms with Crippen molar-refractivity contribution in [3.8, 4) is 11.4 Å². The second-order valence-electron chi connectivity index (χ2n) is 9.29. The first-order valence-corrected chi connectivity index (χ1v) is 13.1. The molecule has 1 N–H and O–H groups in total. The van der Waals surface area contributed by atoms with Crippen LogP contribution in [0.2, 0.25) is 10.0 Å². The first-order valence-electron chi connectivity index (χ1n) is 12.3. The molecule has 1 aromatic heterocycles. The van der Waals surface area contributed by atoms with Gasteiger partial charge in [-0.05, 0) is 62.9 Å². The van der Waals surface area contributed by atoms with Crippen molar-refractivity contribution in [1.82, 2.24) is 25.0 Å². The highest BCUT2D eigenvalue weighted by atomic mass is 35.5. The lowest BCUT2D eigenvalue weighted by molar-refractivity contribution is 0.196. The van der Waals surface area contributed by atoms with E-state index in [9.17, 15) is 4.79 Å². The number of anilines is 1. The number of hydrogen-bond donors (Lipinski definition) is 1. The maximum atomic E-state index is 13.2. The van der Waals surface area contributed by atoms with Crippen molar-refractivity contribution in [3.63, 3.8) is 0 Å². The summed E-state index contributed by atoms with van der Waals surface area (Å²) in [5.41, 5.74) is 2.58. The molecule has 0 spiro atoms. The van der Waals surface area contributed by atoms with Gasteiger partial charge in [-0.3, -0.25) is 0 Å². The molecular weight excluding hydrogens is 499 g/mol. The topological polar surface area (TPSA) is 75.5 Å². The number of aromatic nitrogens is 3. The Bertz CT molecular complexity index is 1260. The number of carbonyl (C=O) groups excluding carboxylic acids is 1. The van der Waals surface area contributed by atoms with Gasteiger partial charge < -0.3 is 19.9 Å². The van der Waals surface area contributed by atoms with Crippen LogP contribution in [0.4, 0.5) is 10.5 Å². The van der Waals surface area contributed by atoms with E-state index >= 15 is 0 Å². The summed E-state index contributed by atoms with van der Waals surface area (Å²) in [5, 5.41) is 8.72. The van der Waals surface area contributed by atoms with Gasteiger partial charge in [-0.1, -0.05) is 29.3 Å². The Hall–Kier alpha value is -2.97. The number of ether oxygens (including phenoxy) is 1. The summed E-state index contributed by atoms with van der Waals surface area (Å²) < 4.78 is 7.67. The van der Waals surface area contributed by atoms with E-state index in [2.05, 4.69) is 32.4 Å². The number of aryl methyl sites for hydroxylation is 1. The van der Waals surface area contributed by atoms with Gasteiger partial charge in [-0.15, -0.1) is 0 Å². The van der Waals surface area contributed by atoms with Gasteiger partial charge in [0.15, 0.2) is 0 Å². The predicted molar refractivity (Wildman–Crippen MR) is 142 cm³/mol. The van der Waals surface area contributed by atoms with Crippen molar-refractivity contribution < 1.29 is 9.53 Å². The summed E-state index contributed by atoms with van der Waals surface area (Å²) in [7, 11) is 0. The van der Waals surface area contributed by atoms with Crippen molar-refractivity contribution >= 4 is 34.9 Å². The molecule has 0 bridgehead atoms. The number of nitrogens with one attached hydrogen (secondary N) is 1. The molecule has 8 nitrogen and oxygen atoms in total. The minimum absolute atomic E-state index is 0.0349. The second-order valence-corrected chi connectivity index (χ2v) is 10.1. The quantitative estimate of drug-likeness (QED) is 0.476. The zero-order valence-electron chi connectivity index (χ0n) is 20.5. The molecule has 10 heteroatoms. The molecule has 0 atom stereocenters. The van der Waals surface area contributed by atoms with Gasteiger partial charge in [0, 0.05) is 37.9 Å². The first-order chi connectivity index (χ1) is 17.4. The van der Waals surface area contributed by atoms with Crippen LogP contribution in [0.1, 0.15) is 37.6 Å². The Balaban J connectivity index is 1.26. The molecule has 190 valence electrons. The summed E-state index contributed by atoms with van der Waals surface area (Å²) in [5.74, 6) is 1.47. The van der Waals surface area contributed by atoms with Crippen molar-refractivity contribution in [3.05, 3.63) is 64.2 Å². The van der Waals surface area contributed by atoms with Crippen LogP contribution in [0.5, 0.6) is 5.75 Å².